The Morgan fingerprint density at radius 1 is 0.758 bits per heavy atom. The number of carbonyl (C=O) groups excluding carboxylic acids is 1. The topological polar surface area (TPSA) is 32.3 Å². The van der Waals surface area contributed by atoms with Crippen LogP contribution in [0.4, 0.5) is 5.69 Å². The third-order valence-corrected chi connectivity index (χ3v) is 6.49. The van der Waals surface area contributed by atoms with Crippen LogP contribution in [0.25, 0.3) is 0 Å². The highest BCUT2D eigenvalue weighted by atomic mass is 35.5. The SMILES string of the molecule is CCCCCCCCCCCCCC[N+](C)(C)CCCNC(=O)c1ccc(N(C)C)cc1.[Cl-]. The van der Waals surface area contributed by atoms with Crippen LogP contribution in [0.1, 0.15) is 101 Å². The quantitative estimate of drug-likeness (QED) is 0.241. The van der Waals surface area contributed by atoms with Crippen LogP contribution in [0.3, 0.4) is 0 Å². The predicted molar refractivity (Wildman–Crippen MR) is 141 cm³/mol. The number of nitrogens with one attached hydrogen (secondary N) is 1. The van der Waals surface area contributed by atoms with Crippen molar-refractivity contribution in [2.75, 3.05) is 52.7 Å². The summed E-state index contributed by atoms with van der Waals surface area (Å²) in [5.41, 5.74) is 1.85. The minimum Gasteiger partial charge on any atom is -1.00 e. The summed E-state index contributed by atoms with van der Waals surface area (Å²) < 4.78 is 1.05. The molecule has 0 aliphatic rings. The number of unbranched alkanes of at least 4 members (excludes halogenated alkanes) is 11. The maximum Gasteiger partial charge on any atom is 0.251 e. The van der Waals surface area contributed by atoms with E-state index in [0.717, 1.165) is 35.2 Å². The van der Waals surface area contributed by atoms with Crippen LogP contribution in [0.5, 0.6) is 0 Å². The Labute approximate surface area is 211 Å². The fraction of sp³-hybridized carbons (Fsp3) is 0.750. The average molecular weight is 482 g/mol. The molecule has 0 aliphatic carbocycles. The summed E-state index contributed by atoms with van der Waals surface area (Å²) in [5.74, 6) is 0.0292. The number of hydrogen-bond acceptors (Lipinski definition) is 2. The van der Waals surface area contributed by atoms with Crippen LogP contribution in [-0.4, -0.2) is 58.2 Å². The zero-order valence-corrected chi connectivity index (χ0v) is 23.1. The van der Waals surface area contributed by atoms with Gasteiger partial charge in [0, 0.05) is 38.3 Å². The summed E-state index contributed by atoms with van der Waals surface area (Å²) in [6, 6.07) is 7.78. The molecule has 0 saturated carbocycles. The van der Waals surface area contributed by atoms with Gasteiger partial charge in [0.2, 0.25) is 0 Å². The Kier molecular flexibility index (Phi) is 18.4. The Bertz CT molecular complexity index is 602. The van der Waals surface area contributed by atoms with Crippen LogP contribution in [0, 0.1) is 0 Å². The van der Waals surface area contributed by atoms with Gasteiger partial charge in [-0.1, -0.05) is 71.1 Å². The van der Waals surface area contributed by atoms with Crippen molar-refractivity contribution in [3.63, 3.8) is 0 Å². The molecule has 33 heavy (non-hydrogen) atoms. The first-order chi connectivity index (χ1) is 15.4. The van der Waals surface area contributed by atoms with Crippen LogP contribution >= 0.6 is 0 Å². The molecule has 1 amide bonds. The van der Waals surface area contributed by atoms with Gasteiger partial charge < -0.3 is 27.1 Å². The lowest BCUT2D eigenvalue weighted by Crippen LogP contribution is -3.00. The normalized spacial score (nSPS) is 11.2. The van der Waals surface area contributed by atoms with E-state index < -0.39 is 0 Å². The summed E-state index contributed by atoms with van der Waals surface area (Å²) in [5, 5.41) is 3.07. The predicted octanol–water partition coefficient (Wildman–Crippen LogP) is 3.65. The molecule has 0 radical (unpaired) electrons. The Hall–Kier alpha value is -1.26. The molecule has 0 bridgehead atoms. The van der Waals surface area contributed by atoms with Crippen LogP contribution in [-0.2, 0) is 0 Å². The lowest BCUT2D eigenvalue weighted by Gasteiger charge is -2.30. The molecule has 0 saturated heterocycles. The number of nitrogens with zero attached hydrogens (tertiary/aromatic N) is 2. The van der Waals surface area contributed by atoms with Crippen molar-refractivity contribution >= 4 is 11.6 Å². The van der Waals surface area contributed by atoms with Crippen LogP contribution in [0.2, 0.25) is 0 Å². The molecule has 0 heterocycles. The summed E-state index contributed by atoms with van der Waals surface area (Å²) >= 11 is 0. The van der Waals surface area contributed by atoms with E-state index in [9.17, 15) is 4.79 Å². The smallest absolute Gasteiger partial charge is 0.251 e. The number of carbonyl (C=O) groups is 1. The second kappa shape index (κ2) is 19.1. The van der Waals surface area contributed by atoms with Crippen LogP contribution in [0.15, 0.2) is 24.3 Å². The Morgan fingerprint density at radius 3 is 1.70 bits per heavy atom. The highest BCUT2D eigenvalue weighted by molar-refractivity contribution is 5.94. The van der Waals surface area contributed by atoms with E-state index in [1.54, 1.807) is 0 Å². The van der Waals surface area contributed by atoms with Crippen molar-refractivity contribution in [3.8, 4) is 0 Å². The third-order valence-electron chi connectivity index (χ3n) is 6.49. The van der Waals surface area contributed by atoms with Gasteiger partial charge in [0.15, 0.2) is 0 Å². The van der Waals surface area contributed by atoms with Crippen molar-refractivity contribution < 1.29 is 21.7 Å². The van der Waals surface area contributed by atoms with Crippen molar-refractivity contribution in [2.45, 2.75) is 90.4 Å². The van der Waals surface area contributed by atoms with E-state index >= 15 is 0 Å². The molecule has 1 N–H and O–H groups in total. The summed E-state index contributed by atoms with van der Waals surface area (Å²) in [7, 11) is 8.65. The molecular weight excluding hydrogens is 430 g/mol. The number of rotatable bonds is 19. The monoisotopic (exact) mass is 481 g/mol. The summed E-state index contributed by atoms with van der Waals surface area (Å²) in [4.78, 5) is 14.4. The molecule has 0 unspecified atom stereocenters. The largest absolute Gasteiger partial charge is 1.00 e. The second-order valence-electron chi connectivity index (χ2n) is 10.3. The fourth-order valence-corrected chi connectivity index (χ4v) is 4.21. The second-order valence-corrected chi connectivity index (χ2v) is 10.3. The molecule has 0 aromatic heterocycles. The molecule has 0 atom stereocenters. The zero-order valence-electron chi connectivity index (χ0n) is 22.3. The number of anilines is 1. The molecule has 0 aliphatic heterocycles. The maximum absolute atomic E-state index is 12.3. The van der Waals surface area contributed by atoms with Gasteiger partial charge in [-0.05, 0) is 37.1 Å². The van der Waals surface area contributed by atoms with Gasteiger partial charge in [-0.3, -0.25) is 4.79 Å². The number of quaternary nitrogens is 1. The third kappa shape index (κ3) is 16.1. The number of hydrogen-bond donors (Lipinski definition) is 1. The molecule has 0 fully saturated rings. The van der Waals surface area contributed by atoms with Gasteiger partial charge in [-0.25, -0.2) is 0 Å². The van der Waals surface area contributed by atoms with Gasteiger partial charge in [-0.2, -0.15) is 0 Å². The van der Waals surface area contributed by atoms with Gasteiger partial charge in [0.1, 0.15) is 0 Å². The summed E-state index contributed by atoms with van der Waals surface area (Å²) in [6.07, 6.45) is 17.8. The van der Waals surface area contributed by atoms with Gasteiger partial charge in [0.25, 0.3) is 5.91 Å². The van der Waals surface area contributed by atoms with Gasteiger partial charge >= 0.3 is 0 Å². The molecular formula is C28H52ClN3O. The lowest BCUT2D eigenvalue weighted by atomic mass is 10.1. The minimum atomic E-state index is 0. The van der Waals surface area contributed by atoms with E-state index in [2.05, 4.69) is 26.3 Å². The molecule has 5 heteroatoms. The molecule has 192 valence electrons. The maximum atomic E-state index is 12.3. The van der Waals surface area contributed by atoms with Crippen molar-refractivity contribution in [1.29, 1.82) is 0 Å². The van der Waals surface area contributed by atoms with Crippen molar-refractivity contribution in [3.05, 3.63) is 29.8 Å². The highest BCUT2D eigenvalue weighted by Crippen LogP contribution is 2.14. The zero-order chi connectivity index (χ0) is 23.7. The first-order valence-electron chi connectivity index (χ1n) is 13.2. The van der Waals surface area contributed by atoms with Gasteiger partial charge in [-0.15, -0.1) is 0 Å². The molecule has 1 rings (SSSR count). The van der Waals surface area contributed by atoms with E-state index in [1.807, 2.05) is 43.3 Å². The molecule has 0 spiro atoms. The van der Waals surface area contributed by atoms with Crippen molar-refractivity contribution in [2.24, 2.45) is 0 Å². The summed E-state index contributed by atoms with van der Waals surface area (Å²) in [6.45, 7) is 5.37. The van der Waals surface area contributed by atoms with Crippen molar-refractivity contribution in [1.82, 2.24) is 5.32 Å². The average Bonchev–Trinajstić information content (AvgIpc) is 2.77. The number of benzene rings is 1. The minimum absolute atomic E-state index is 0. The first-order valence-corrected chi connectivity index (χ1v) is 13.2. The van der Waals surface area contributed by atoms with Crippen LogP contribution < -0.4 is 22.6 Å². The lowest BCUT2D eigenvalue weighted by molar-refractivity contribution is -0.890. The first kappa shape index (κ1) is 31.7. The fourth-order valence-electron chi connectivity index (χ4n) is 4.21. The van der Waals surface area contributed by atoms with E-state index in [-0.39, 0.29) is 18.3 Å². The highest BCUT2D eigenvalue weighted by Gasteiger charge is 2.14. The molecule has 1 aromatic carbocycles. The van der Waals surface area contributed by atoms with E-state index in [4.69, 9.17) is 0 Å². The Morgan fingerprint density at radius 2 is 1.21 bits per heavy atom. The molecule has 4 nitrogen and oxygen atoms in total. The standard InChI is InChI=1S/C28H51N3O.ClH/c1-6-7-8-9-10-11-12-13-14-15-16-17-24-31(4,5)25-18-23-29-28(32)26-19-21-27(22-20-26)30(2)3;/h19-22H,6-18,23-25H2,1-5H3;1H. The number of amides is 1. The Balaban J connectivity index is 0.0000102. The molecule has 1 aromatic rings. The van der Waals surface area contributed by atoms with E-state index in [1.165, 1.54) is 83.6 Å². The number of halogens is 1. The van der Waals surface area contributed by atoms with Gasteiger partial charge in [0.05, 0.1) is 27.2 Å². The van der Waals surface area contributed by atoms with E-state index in [0.29, 0.717) is 0 Å².